The molecule has 1 saturated heterocycles. The number of fused-ring (bicyclic) bond motifs is 1. The van der Waals surface area contributed by atoms with Gasteiger partial charge in [-0.3, -0.25) is 14.4 Å². The van der Waals surface area contributed by atoms with E-state index in [0.29, 0.717) is 19.5 Å². The van der Waals surface area contributed by atoms with Crippen molar-refractivity contribution in [2.75, 3.05) is 6.54 Å². The molecule has 110 valence electrons. The highest BCUT2D eigenvalue weighted by atomic mass is 16.2. The average Bonchev–Trinajstić information content (AvgIpc) is 2.91. The number of carbonyl (C=O) groups is 3. The summed E-state index contributed by atoms with van der Waals surface area (Å²) in [5.74, 6) is -1.20. The van der Waals surface area contributed by atoms with Crippen LogP contribution in [-0.2, 0) is 27.3 Å². The van der Waals surface area contributed by atoms with Crippen LogP contribution in [-0.4, -0.2) is 35.2 Å². The summed E-state index contributed by atoms with van der Waals surface area (Å²) in [5, 5.41) is 2.65. The number of amides is 3. The van der Waals surface area contributed by atoms with E-state index in [9.17, 15) is 14.4 Å². The van der Waals surface area contributed by atoms with Crippen LogP contribution in [0.5, 0.6) is 0 Å². The Labute approximate surface area is 122 Å². The molecule has 2 atom stereocenters. The summed E-state index contributed by atoms with van der Waals surface area (Å²) in [6.45, 7) is 0.703. The van der Waals surface area contributed by atoms with Crippen molar-refractivity contribution >= 4 is 17.7 Å². The van der Waals surface area contributed by atoms with Gasteiger partial charge in [-0.25, -0.2) is 0 Å². The summed E-state index contributed by atoms with van der Waals surface area (Å²) in [6, 6.07) is 7.09. The van der Waals surface area contributed by atoms with Crippen LogP contribution in [0.4, 0.5) is 0 Å². The number of nitrogens with one attached hydrogen (secondary N) is 1. The lowest BCUT2D eigenvalue weighted by Crippen LogP contribution is -2.53. The van der Waals surface area contributed by atoms with Gasteiger partial charge in [-0.1, -0.05) is 24.3 Å². The van der Waals surface area contributed by atoms with E-state index in [4.69, 9.17) is 5.73 Å². The van der Waals surface area contributed by atoms with Gasteiger partial charge in [0.1, 0.15) is 6.04 Å². The molecule has 2 aliphatic rings. The smallest absolute Gasteiger partial charge is 0.240 e. The predicted octanol–water partition coefficient (Wildman–Crippen LogP) is -0.439. The van der Waals surface area contributed by atoms with Crippen LogP contribution in [0.3, 0.4) is 0 Å². The molecule has 0 radical (unpaired) electrons. The zero-order valence-electron chi connectivity index (χ0n) is 11.5. The van der Waals surface area contributed by atoms with Crippen molar-refractivity contribution < 1.29 is 14.4 Å². The van der Waals surface area contributed by atoms with E-state index < -0.39 is 17.9 Å². The van der Waals surface area contributed by atoms with Crippen molar-refractivity contribution in [2.24, 2.45) is 11.7 Å². The molecule has 21 heavy (non-hydrogen) atoms. The van der Waals surface area contributed by atoms with Gasteiger partial charge in [0.2, 0.25) is 17.7 Å². The molecule has 1 aromatic carbocycles. The number of nitrogens with two attached hydrogens (primary N) is 1. The second-order valence-electron chi connectivity index (χ2n) is 5.56. The van der Waals surface area contributed by atoms with Crippen LogP contribution < -0.4 is 11.1 Å². The molecule has 6 heteroatoms. The summed E-state index contributed by atoms with van der Waals surface area (Å²) in [4.78, 5) is 37.1. The Bertz CT molecular complexity index is 614. The van der Waals surface area contributed by atoms with Crippen molar-refractivity contribution in [1.82, 2.24) is 10.2 Å². The minimum Gasteiger partial charge on any atom is -0.368 e. The zero-order valence-corrected chi connectivity index (χ0v) is 11.5. The van der Waals surface area contributed by atoms with E-state index in [1.54, 1.807) is 0 Å². The number of carbonyl (C=O) groups excluding carboxylic acids is 3. The van der Waals surface area contributed by atoms with Gasteiger partial charge in [-0.05, 0) is 11.1 Å². The highest BCUT2D eigenvalue weighted by Crippen LogP contribution is 2.26. The Morgan fingerprint density at radius 2 is 1.90 bits per heavy atom. The molecular formula is C15H17N3O3. The SMILES string of the molecule is NC(=O)[C@@H]1Cc2ccccc2CN1C(=O)C1CNC(=O)C1. The lowest BCUT2D eigenvalue weighted by Gasteiger charge is -2.36. The second-order valence-corrected chi connectivity index (χ2v) is 5.56. The van der Waals surface area contributed by atoms with E-state index in [1.807, 2.05) is 24.3 Å². The lowest BCUT2D eigenvalue weighted by molar-refractivity contribution is -0.144. The predicted molar refractivity (Wildman–Crippen MR) is 74.8 cm³/mol. The van der Waals surface area contributed by atoms with Gasteiger partial charge in [-0.2, -0.15) is 0 Å². The summed E-state index contributed by atoms with van der Waals surface area (Å²) in [7, 11) is 0. The molecule has 0 aromatic heterocycles. The van der Waals surface area contributed by atoms with E-state index in [1.165, 1.54) is 4.90 Å². The largest absolute Gasteiger partial charge is 0.368 e. The Kier molecular flexibility index (Phi) is 3.37. The van der Waals surface area contributed by atoms with Crippen LogP contribution in [0.25, 0.3) is 0 Å². The Morgan fingerprint density at radius 1 is 1.19 bits per heavy atom. The van der Waals surface area contributed by atoms with Gasteiger partial charge in [0.05, 0.1) is 5.92 Å². The summed E-state index contributed by atoms with van der Waals surface area (Å²) < 4.78 is 0. The van der Waals surface area contributed by atoms with Crippen molar-refractivity contribution in [3.05, 3.63) is 35.4 Å². The summed E-state index contributed by atoms with van der Waals surface area (Å²) in [5.41, 5.74) is 7.54. The molecule has 1 unspecified atom stereocenters. The normalized spacial score (nSPS) is 24.4. The standard InChI is InChI=1S/C15H17N3O3/c16-14(20)12-5-9-3-1-2-4-10(9)8-18(12)15(21)11-6-13(19)17-7-11/h1-4,11-12H,5-8H2,(H2,16,20)(H,17,19)/t11?,12-/m0/s1. The molecule has 1 fully saturated rings. The minimum absolute atomic E-state index is 0.124. The van der Waals surface area contributed by atoms with Crippen molar-refractivity contribution in [3.63, 3.8) is 0 Å². The fourth-order valence-corrected chi connectivity index (χ4v) is 3.02. The number of nitrogens with zero attached hydrogens (tertiary/aromatic N) is 1. The van der Waals surface area contributed by atoms with E-state index >= 15 is 0 Å². The fourth-order valence-electron chi connectivity index (χ4n) is 3.02. The summed E-state index contributed by atoms with van der Waals surface area (Å²) >= 11 is 0. The highest BCUT2D eigenvalue weighted by Gasteiger charge is 2.38. The van der Waals surface area contributed by atoms with Gasteiger partial charge in [0.15, 0.2) is 0 Å². The highest BCUT2D eigenvalue weighted by molar-refractivity contribution is 5.92. The van der Waals surface area contributed by atoms with Gasteiger partial charge in [0, 0.05) is 25.9 Å². The molecule has 0 spiro atoms. The molecule has 0 saturated carbocycles. The van der Waals surface area contributed by atoms with Crippen LogP contribution in [0.2, 0.25) is 0 Å². The molecule has 0 aliphatic carbocycles. The average molecular weight is 287 g/mol. The maximum atomic E-state index is 12.6. The van der Waals surface area contributed by atoms with Crippen molar-refractivity contribution in [2.45, 2.75) is 25.4 Å². The summed E-state index contributed by atoms with van der Waals surface area (Å²) in [6.07, 6.45) is 0.619. The first-order valence-electron chi connectivity index (χ1n) is 6.99. The number of primary amides is 1. The quantitative estimate of drug-likeness (QED) is 0.772. The Morgan fingerprint density at radius 3 is 2.52 bits per heavy atom. The second kappa shape index (κ2) is 5.20. The van der Waals surface area contributed by atoms with Gasteiger partial charge < -0.3 is 16.0 Å². The molecule has 0 bridgehead atoms. The lowest BCUT2D eigenvalue weighted by atomic mass is 9.92. The number of rotatable bonds is 2. The van der Waals surface area contributed by atoms with Gasteiger partial charge >= 0.3 is 0 Å². The number of benzene rings is 1. The monoisotopic (exact) mass is 287 g/mol. The molecule has 1 aromatic rings. The first kappa shape index (κ1) is 13.6. The molecule has 3 amide bonds. The van der Waals surface area contributed by atoms with Crippen LogP contribution in [0, 0.1) is 5.92 Å². The first-order valence-corrected chi connectivity index (χ1v) is 6.99. The third-order valence-electron chi connectivity index (χ3n) is 4.19. The van der Waals surface area contributed by atoms with Crippen molar-refractivity contribution in [3.8, 4) is 0 Å². The van der Waals surface area contributed by atoms with Crippen LogP contribution in [0.15, 0.2) is 24.3 Å². The molecule has 3 rings (SSSR count). The van der Waals surface area contributed by atoms with Crippen molar-refractivity contribution in [1.29, 1.82) is 0 Å². The van der Waals surface area contributed by atoms with Crippen LogP contribution >= 0.6 is 0 Å². The van der Waals surface area contributed by atoms with E-state index in [-0.39, 0.29) is 18.2 Å². The number of hydrogen-bond acceptors (Lipinski definition) is 3. The first-order chi connectivity index (χ1) is 10.1. The number of hydrogen-bond donors (Lipinski definition) is 2. The maximum Gasteiger partial charge on any atom is 0.240 e. The molecule has 3 N–H and O–H groups in total. The Balaban J connectivity index is 1.87. The maximum absolute atomic E-state index is 12.6. The third kappa shape index (κ3) is 2.49. The molecule has 6 nitrogen and oxygen atoms in total. The molecular weight excluding hydrogens is 270 g/mol. The molecule has 2 heterocycles. The van der Waals surface area contributed by atoms with Gasteiger partial charge in [0.25, 0.3) is 0 Å². The topological polar surface area (TPSA) is 92.5 Å². The molecule has 2 aliphatic heterocycles. The van der Waals surface area contributed by atoms with E-state index in [0.717, 1.165) is 11.1 Å². The minimum atomic E-state index is -0.636. The van der Waals surface area contributed by atoms with Crippen LogP contribution in [0.1, 0.15) is 17.5 Å². The van der Waals surface area contributed by atoms with Gasteiger partial charge in [-0.15, -0.1) is 0 Å². The fraction of sp³-hybridized carbons (Fsp3) is 0.400. The zero-order chi connectivity index (χ0) is 15.0. The van der Waals surface area contributed by atoms with E-state index in [2.05, 4.69) is 5.32 Å². The Hall–Kier alpha value is -2.37. The third-order valence-corrected chi connectivity index (χ3v) is 4.19.